The molecule has 0 heterocycles. The summed E-state index contributed by atoms with van der Waals surface area (Å²) in [6.07, 6.45) is 8.95. The number of hydrogen-bond donors (Lipinski definition) is 1. The Morgan fingerprint density at radius 2 is 2.31 bits per heavy atom. The first-order chi connectivity index (χ1) is 7.79. The van der Waals surface area contributed by atoms with E-state index in [0.29, 0.717) is 12.6 Å². The maximum absolute atomic E-state index is 11.0. The molecule has 0 amide bonds. The summed E-state index contributed by atoms with van der Waals surface area (Å²) in [5.74, 6) is 1.62. The molecule has 3 heteroatoms. The second-order valence-corrected chi connectivity index (χ2v) is 4.84. The molecule has 1 N–H and O–H groups in total. The smallest absolute Gasteiger partial charge is 0.330 e. The van der Waals surface area contributed by atoms with Gasteiger partial charge in [0.05, 0.1) is 6.61 Å². The minimum absolute atomic E-state index is 0.239. The average molecular weight is 223 g/mol. The van der Waals surface area contributed by atoms with Gasteiger partial charge in [0, 0.05) is 18.7 Å². The molecule has 0 aromatic heterocycles. The Morgan fingerprint density at radius 3 is 2.94 bits per heavy atom. The Morgan fingerprint density at radius 1 is 1.44 bits per heavy atom. The topological polar surface area (TPSA) is 38.3 Å². The molecule has 90 valence electrons. The van der Waals surface area contributed by atoms with E-state index in [-0.39, 0.29) is 5.97 Å². The van der Waals surface area contributed by atoms with Crippen LogP contribution in [-0.4, -0.2) is 25.2 Å². The van der Waals surface area contributed by atoms with E-state index < -0.39 is 0 Å². The van der Waals surface area contributed by atoms with Crippen molar-refractivity contribution in [2.45, 2.75) is 38.6 Å². The van der Waals surface area contributed by atoms with Crippen LogP contribution >= 0.6 is 0 Å². The lowest BCUT2D eigenvalue weighted by atomic mass is 9.95. The molecule has 16 heavy (non-hydrogen) atoms. The predicted octanol–water partition coefficient (Wildman–Crippen LogP) is 1.88. The van der Waals surface area contributed by atoms with Gasteiger partial charge in [0.15, 0.2) is 0 Å². The number of carbonyl (C=O) groups is 1. The second-order valence-electron chi connectivity index (χ2n) is 4.84. The molecule has 2 fully saturated rings. The van der Waals surface area contributed by atoms with Crippen LogP contribution in [0.2, 0.25) is 0 Å². The third-order valence-electron chi connectivity index (χ3n) is 3.78. The molecular weight excluding hydrogens is 202 g/mol. The highest BCUT2D eigenvalue weighted by atomic mass is 16.5. The molecule has 3 nitrogen and oxygen atoms in total. The summed E-state index contributed by atoms with van der Waals surface area (Å²) >= 11 is 0. The van der Waals surface area contributed by atoms with E-state index in [4.69, 9.17) is 4.74 Å². The summed E-state index contributed by atoms with van der Waals surface area (Å²) in [5, 5.41) is 3.52. The number of carbonyl (C=O) groups excluding carboxylic acids is 1. The van der Waals surface area contributed by atoms with Crippen LogP contribution in [0.15, 0.2) is 12.2 Å². The van der Waals surface area contributed by atoms with Gasteiger partial charge in [0.1, 0.15) is 0 Å². The molecule has 2 rings (SSSR count). The molecule has 3 unspecified atom stereocenters. The first-order valence-electron chi connectivity index (χ1n) is 6.36. The van der Waals surface area contributed by atoms with Crippen molar-refractivity contribution in [3.05, 3.63) is 12.2 Å². The molecule has 2 aliphatic rings. The molecule has 0 aromatic carbocycles. The molecule has 0 radical (unpaired) electrons. The zero-order valence-corrected chi connectivity index (χ0v) is 9.95. The lowest BCUT2D eigenvalue weighted by molar-refractivity contribution is -0.137. The highest BCUT2D eigenvalue weighted by molar-refractivity contribution is 5.81. The van der Waals surface area contributed by atoms with Crippen LogP contribution in [0.25, 0.3) is 0 Å². The fourth-order valence-corrected chi connectivity index (χ4v) is 3.06. The van der Waals surface area contributed by atoms with Gasteiger partial charge in [0.2, 0.25) is 0 Å². The Hall–Kier alpha value is -0.830. The van der Waals surface area contributed by atoms with Crippen LogP contribution in [0.5, 0.6) is 0 Å². The summed E-state index contributed by atoms with van der Waals surface area (Å²) in [5.41, 5.74) is 0. The van der Waals surface area contributed by atoms with E-state index in [1.807, 2.05) is 13.0 Å². The highest BCUT2D eigenvalue weighted by Crippen LogP contribution is 2.44. The molecule has 0 aliphatic heterocycles. The highest BCUT2D eigenvalue weighted by Gasteiger charge is 2.38. The third-order valence-corrected chi connectivity index (χ3v) is 3.78. The van der Waals surface area contributed by atoms with Gasteiger partial charge in [-0.05, 0) is 38.0 Å². The van der Waals surface area contributed by atoms with Crippen molar-refractivity contribution in [3.63, 3.8) is 0 Å². The van der Waals surface area contributed by atoms with E-state index in [1.54, 1.807) is 0 Å². The standard InChI is InChI=1S/C13H21NO2/c1-2-16-13(15)4-3-7-14-12-9-10-5-6-11(12)8-10/h3-4,10-12,14H,2,5-9H2,1H3/b4-3+. The van der Waals surface area contributed by atoms with E-state index in [1.165, 1.54) is 31.8 Å². The van der Waals surface area contributed by atoms with E-state index in [0.717, 1.165) is 18.4 Å². The number of nitrogens with one attached hydrogen (secondary N) is 1. The third kappa shape index (κ3) is 2.85. The van der Waals surface area contributed by atoms with Crippen molar-refractivity contribution < 1.29 is 9.53 Å². The number of rotatable bonds is 5. The van der Waals surface area contributed by atoms with Crippen LogP contribution < -0.4 is 5.32 Å². The molecule has 0 spiro atoms. The van der Waals surface area contributed by atoms with Crippen molar-refractivity contribution in [2.24, 2.45) is 11.8 Å². The van der Waals surface area contributed by atoms with Crippen LogP contribution in [0.4, 0.5) is 0 Å². The van der Waals surface area contributed by atoms with Crippen molar-refractivity contribution in [3.8, 4) is 0 Å². The maximum atomic E-state index is 11.0. The molecular formula is C13H21NO2. The fraction of sp³-hybridized carbons (Fsp3) is 0.769. The fourth-order valence-electron chi connectivity index (χ4n) is 3.06. The summed E-state index contributed by atoms with van der Waals surface area (Å²) in [4.78, 5) is 11.0. The van der Waals surface area contributed by atoms with Crippen LogP contribution in [0.1, 0.15) is 32.6 Å². The predicted molar refractivity (Wildman–Crippen MR) is 63.0 cm³/mol. The van der Waals surface area contributed by atoms with Gasteiger partial charge in [-0.2, -0.15) is 0 Å². The van der Waals surface area contributed by atoms with Crippen LogP contribution in [0, 0.1) is 11.8 Å². The second kappa shape index (κ2) is 5.48. The largest absolute Gasteiger partial charge is 0.463 e. The molecule has 2 saturated carbocycles. The van der Waals surface area contributed by atoms with E-state index in [9.17, 15) is 4.79 Å². The van der Waals surface area contributed by atoms with E-state index >= 15 is 0 Å². The molecule has 0 saturated heterocycles. The van der Waals surface area contributed by atoms with E-state index in [2.05, 4.69) is 5.32 Å². The number of hydrogen-bond acceptors (Lipinski definition) is 3. The van der Waals surface area contributed by atoms with Gasteiger partial charge < -0.3 is 10.1 Å². The Kier molecular flexibility index (Phi) is 3.99. The average Bonchev–Trinajstić information content (AvgIpc) is 2.86. The first-order valence-corrected chi connectivity index (χ1v) is 6.36. The molecule has 0 aromatic rings. The Balaban J connectivity index is 1.63. The lowest BCUT2D eigenvalue weighted by Crippen LogP contribution is -2.33. The minimum atomic E-state index is -0.239. The Labute approximate surface area is 97.2 Å². The number of ether oxygens (including phenoxy) is 1. The SMILES string of the molecule is CCOC(=O)/C=C/CNC1CC2CCC1C2. The first kappa shape index (κ1) is 11.6. The summed E-state index contributed by atoms with van der Waals surface area (Å²) < 4.78 is 4.81. The molecule has 3 atom stereocenters. The van der Waals surface area contributed by atoms with Crippen LogP contribution in [-0.2, 0) is 9.53 Å². The van der Waals surface area contributed by atoms with Crippen molar-refractivity contribution in [1.29, 1.82) is 0 Å². The summed E-state index contributed by atoms with van der Waals surface area (Å²) in [6, 6.07) is 0.686. The van der Waals surface area contributed by atoms with Gasteiger partial charge in [-0.15, -0.1) is 0 Å². The summed E-state index contributed by atoms with van der Waals surface area (Å²) in [7, 11) is 0. The van der Waals surface area contributed by atoms with Crippen molar-refractivity contribution in [1.82, 2.24) is 5.32 Å². The quantitative estimate of drug-likeness (QED) is 0.571. The van der Waals surface area contributed by atoms with Crippen molar-refractivity contribution in [2.75, 3.05) is 13.2 Å². The molecule has 2 aliphatic carbocycles. The van der Waals surface area contributed by atoms with Gasteiger partial charge in [-0.1, -0.05) is 12.5 Å². The number of fused-ring (bicyclic) bond motifs is 2. The van der Waals surface area contributed by atoms with Crippen molar-refractivity contribution >= 4 is 5.97 Å². The monoisotopic (exact) mass is 223 g/mol. The van der Waals surface area contributed by atoms with Gasteiger partial charge in [-0.25, -0.2) is 4.79 Å². The van der Waals surface area contributed by atoms with Crippen LogP contribution in [0.3, 0.4) is 0 Å². The maximum Gasteiger partial charge on any atom is 0.330 e. The van der Waals surface area contributed by atoms with Gasteiger partial charge in [-0.3, -0.25) is 0 Å². The zero-order chi connectivity index (χ0) is 11.4. The Bertz CT molecular complexity index is 275. The van der Waals surface area contributed by atoms with Gasteiger partial charge >= 0.3 is 5.97 Å². The minimum Gasteiger partial charge on any atom is -0.463 e. The van der Waals surface area contributed by atoms with Gasteiger partial charge in [0.25, 0.3) is 0 Å². The zero-order valence-electron chi connectivity index (χ0n) is 9.95. The normalized spacial score (nSPS) is 32.4. The lowest BCUT2D eigenvalue weighted by Gasteiger charge is -2.22. The number of esters is 1. The molecule has 2 bridgehead atoms. The summed E-state index contributed by atoms with van der Waals surface area (Å²) in [6.45, 7) is 3.05.